The summed E-state index contributed by atoms with van der Waals surface area (Å²) in [6.07, 6.45) is 5.45. The number of methoxy groups -OCH3 is 1. The van der Waals surface area contributed by atoms with Crippen LogP contribution in [0.4, 0.5) is 8.78 Å². The van der Waals surface area contributed by atoms with E-state index < -0.39 is 5.92 Å². The third kappa shape index (κ3) is 4.40. The van der Waals surface area contributed by atoms with Crippen molar-refractivity contribution in [1.82, 2.24) is 20.5 Å². The van der Waals surface area contributed by atoms with E-state index in [0.717, 1.165) is 72.2 Å². The molecule has 4 aliphatic rings. The third-order valence-electron chi connectivity index (χ3n) is 10.2. The predicted octanol–water partition coefficient (Wildman–Crippen LogP) is 5.72. The molecule has 4 fully saturated rings. The first kappa shape index (κ1) is 26.0. The topological polar surface area (TPSA) is 69.4 Å². The fourth-order valence-electron chi connectivity index (χ4n) is 8.03. The quantitative estimate of drug-likeness (QED) is 0.369. The first-order valence-corrected chi connectivity index (χ1v) is 14.5. The van der Waals surface area contributed by atoms with Crippen molar-refractivity contribution in [3.63, 3.8) is 0 Å². The standard InChI is InChI=1S/C32H38F2N4O2/c1-20-11-27(40-2)25(24-7-9-36-28(20)24)15-38-10-8-30(16-32(33,34)17-30)14-26(38)21-3-5-22(6-4-21)29(39)37-23-12-31(13-23)18-35-19-31/h3-7,9,11,23,26,35-36H,8,10,12-19H2,1-2H3,(H,37,39)/t26-/m0/s1. The fourth-order valence-corrected chi connectivity index (χ4v) is 8.03. The number of fused-ring (bicyclic) bond motifs is 1. The molecule has 2 aromatic carbocycles. The number of aryl methyl sites for hydroxylation is 1. The molecule has 0 bridgehead atoms. The van der Waals surface area contributed by atoms with Gasteiger partial charge in [0.15, 0.2) is 0 Å². The van der Waals surface area contributed by atoms with Crippen molar-refractivity contribution in [3.8, 4) is 5.75 Å². The smallest absolute Gasteiger partial charge is 0.251 e. The van der Waals surface area contributed by atoms with Gasteiger partial charge in [0.05, 0.1) is 7.11 Å². The van der Waals surface area contributed by atoms with Gasteiger partial charge in [-0.05, 0) is 85.4 Å². The average Bonchev–Trinajstić information content (AvgIpc) is 3.37. The molecule has 1 atom stereocenters. The maximum absolute atomic E-state index is 14.1. The zero-order chi connectivity index (χ0) is 27.7. The summed E-state index contributed by atoms with van der Waals surface area (Å²) in [5, 5.41) is 7.66. The highest BCUT2D eigenvalue weighted by Crippen LogP contribution is 2.60. The molecule has 3 aromatic rings. The maximum Gasteiger partial charge on any atom is 0.251 e. The van der Waals surface area contributed by atoms with E-state index in [0.29, 0.717) is 23.9 Å². The van der Waals surface area contributed by atoms with Gasteiger partial charge in [-0.2, -0.15) is 0 Å². The minimum absolute atomic E-state index is 0.0143. The van der Waals surface area contributed by atoms with Gasteiger partial charge in [-0.1, -0.05) is 12.1 Å². The molecular weight excluding hydrogens is 510 g/mol. The van der Waals surface area contributed by atoms with E-state index in [1.54, 1.807) is 7.11 Å². The molecule has 1 aromatic heterocycles. The van der Waals surface area contributed by atoms with E-state index in [-0.39, 0.29) is 36.2 Å². The molecule has 2 saturated carbocycles. The second-order valence-corrected chi connectivity index (χ2v) is 13.1. The third-order valence-corrected chi connectivity index (χ3v) is 10.2. The average molecular weight is 549 g/mol. The van der Waals surface area contributed by atoms with Gasteiger partial charge in [0.25, 0.3) is 5.91 Å². The Labute approximate surface area is 233 Å². The summed E-state index contributed by atoms with van der Waals surface area (Å²) >= 11 is 0. The van der Waals surface area contributed by atoms with Gasteiger partial charge in [-0.15, -0.1) is 0 Å². The first-order valence-electron chi connectivity index (χ1n) is 14.5. The highest BCUT2D eigenvalue weighted by molar-refractivity contribution is 5.94. The van der Waals surface area contributed by atoms with E-state index in [9.17, 15) is 13.6 Å². The Balaban J connectivity index is 1.13. The largest absolute Gasteiger partial charge is 0.496 e. The predicted molar refractivity (Wildman–Crippen MR) is 151 cm³/mol. The number of benzene rings is 2. The Morgan fingerprint density at radius 3 is 2.50 bits per heavy atom. The van der Waals surface area contributed by atoms with Crippen molar-refractivity contribution in [2.24, 2.45) is 10.8 Å². The Morgan fingerprint density at radius 1 is 1.10 bits per heavy atom. The summed E-state index contributed by atoms with van der Waals surface area (Å²) in [5.41, 5.74) is 5.15. The Hall–Kier alpha value is -2.97. The van der Waals surface area contributed by atoms with Crippen LogP contribution in [0.25, 0.3) is 10.9 Å². The fraction of sp³-hybridized carbons (Fsp3) is 0.531. The summed E-state index contributed by atoms with van der Waals surface area (Å²) < 4.78 is 34.0. The molecule has 6 nitrogen and oxygen atoms in total. The molecule has 3 N–H and O–H groups in total. The number of hydrogen-bond acceptors (Lipinski definition) is 4. The van der Waals surface area contributed by atoms with E-state index >= 15 is 0 Å². The number of piperidine rings is 1. The molecule has 0 radical (unpaired) electrons. The van der Waals surface area contributed by atoms with Crippen LogP contribution in [0.3, 0.4) is 0 Å². The van der Waals surface area contributed by atoms with Crippen LogP contribution in [-0.2, 0) is 6.54 Å². The molecule has 8 heteroatoms. The minimum Gasteiger partial charge on any atom is -0.496 e. The summed E-state index contributed by atoms with van der Waals surface area (Å²) in [7, 11) is 1.70. The van der Waals surface area contributed by atoms with E-state index in [1.165, 1.54) is 0 Å². The number of halogens is 2. The summed E-state index contributed by atoms with van der Waals surface area (Å²) in [6, 6.07) is 12.2. The molecule has 2 aliphatic carbocycles. The normalized spacial score (nSPS) is 24.9. The number of amides is 1. The monoisotopic (exact) mass is 548 g/mol. The SMILES string of the molecule is COc1cc(C)c2[nH]ccc2c1CN1CCC2(C[C@H]1c1ccc(C(=O)NC3CC4(CNC4)C3)cc1)CC(F)(F)C2. The van der Waals surface area contributed by atoms with Crippen molar-refractivity contribution < 1.29 is 18.3 Å². The van der Waals surface area contributed by atoms with E-state index in [4.69, 9.17) is 4.74 Å². The number of nitrogens with zero attached hydrogens (tertiary/aromatic N) is 1. The number of hydrogen-bond donors (Lipinski definition) is 3. The molecular formula is C32H38F2N4O2. The number of rotatable bonds is 6. The maximum atomic E-state index is 14.1. The van der Waals surface area contributed by atoms with Gasteiger partial charge >= 0.3 is 0 Å². The van der Waals surface area contributed by atoms with Crippen LogP contribution >= 0.6 is 0 Å². The van der Waals surface area contributed by atoms with Gasteiger partial charge < -0.3 is 20.4 Å². The summed E-state index contributed by atoms with van der Waals surface area (Å²) in [5.74, 6) is -1.74. The van der Waals surface area contributed by atoms with Crippen molar-refractivity contribution in [2.75, 3.05) is 26.7 Å². The highest BCUT2D eigenvalue weighted by Gasteiger charge is 2.58. The number of aromatic amines is 1. The molecule has 40 heavy (non-hydrogen) atoms. The Morgan fingerprint density at radius 2 is 1.85 bits per heavy atom. The molecule has 2 spiro atoms. The van der Waals surface area contributed by atoms with Crippen molar-refractivity contribution in [3.05, 3.63) is 64.8 Å². The van der Waals surface area contributed by atoms with Crippen LogP contribution < -0.4 is 15.4 Å². The lowest BCUT2D eigenvalue weighted by atomic mass is 9.59. The minimum atomic E-state index is -2.55. The van der Waals surface area contributed by atoms with Crippen molar-refractivity contribution in [1.29, 1.82) is 0 Å². The number of ether oxygens (including phenoxy) is 1. The number of likely N-dealkylation sites (tertiary alicyclic amines) is 1. The molecule has 212 valence electrons. The molecule has 1 amide bonds. The number of carbonyl (C=O) groups excluding carboxylic acids is 1. The van der Waals surface area contributed by atoms with E-state index in [1.807, 2.05) is 30.5 Å². The van der Waals surface area contributed by atoms with Gasteiger partial charge in [0.2, 0.25) is 5.92 Å². The first-order chi connectivity index (χ1) is 19.2. The van der Waals surface area contributed by atoms with Crippen LogP contribution in [0.2, 0.25) is 0 Å². The number of carbonyl (C=O) groups is 1. The van der Waals surface area contributed by atoms with Crippen LogP contribution in [0.5, 0.6) is 5.75 Å². The lowest BCUT2D eigenvalue weighted by molar-refractivity contribution is -0.186. The van der Waals surface area contributed by atoms with Crippen LogP contribution in [0, 0.1) is 17.8 Å². The summed E-state index contributed by atoms with van der Waals surface area (Å²) in [6.45, 7) is 5.59. The van der Waals surface area contributed by atoms with Crippen LogP contribution in [0.15, 0.2) is 42.6 Å². The van der Waals surface area contributed by atoms with Crippen molar-refractivity contribution >= 4 is 16.8 Å². The zero-order valence-corrected chi connectivity index (χ0v) is 23.3. The summed E-state index contributed by atoms with van der Waals surface area (Å²) in [4.78, 5) is 18.7. The Kier molecular flexibility index (Phi) is 6.02. The second kappa shape index (κ2) is 9.28. The zero-order valence-electron chi connectivity index (χ0n) is 23.3. The number of alkyl halides is 2. The van der Waals surface area contributed by atoms with Gasteiger partial charge in [-0.3, -0.25) is 9.69 Å². The number of H-pyrrole nitrogens is 1. The molecule has 0 unspecified atom stereocenters. The van der Waals surface area contributed by atoms with Crippen molar-refractivity contribution in [2.45, 2.75) is 70.0 Å². The highest BCUT2D eigenvalue weighted by atomic mass is 19.3. The molecule has 2 saturated heterocycles. The van der Waals surface area contributed by atoms with Gasteiger partial charge in [0.1, 0.15) is 5.75 Å². The van der Waals surface area contributed by atoms with Crippen LogP contribution in [-0.4, -0.2) is 54.5 Å². The molecule has 3 heterocycles. The Bertz CT molecular complexity index is 1430. The van der Waals surface area contributed by atoms with Crippen LogP contribution in [0.1, 0.15) is 71.6 Å². The molecule has 2 aliphatic heterocycles. The van der Waals surface area contributed by atoms with E-state index in [2.05, 4.69) is 39.6 Å². The van der Waals surface area contributed by atoms with Gasteiger partial charge in [0, 0.05) is 72.8 Å². The number of nitrogens with one attached hydrogen (secondary N) is 3. The molecule has 7 rings (SSSR count). The number of aromatic nitrogens is 1. The lowest BCUT2D eigenvalue weighted by Gasteiger charge is -2.54. The second-order valence-electron chi connectivity index (χ2n) is 13.1. The van der Waals surface area contributed by atoms with Gasteiger partial charge in [-0.25, -0.2) is 8.78 Å². The lowest BCUT2D eigenvalue weighted by Crippen LogP contribution is -2.65.